The zero-order valence-corrected chi connectivity index (χ0v) is 21.2. The van der Waals surface area contributed by atoms with E-state index in [0.717, 1.165) is 0 Å². The first kappa shape index (κ1) is 26.5. The summed E-state index contributed by atoms with van der Waals surface area (Å²) in [5.41, 5.74) is 1.33. The Labute approximate surface area is 209 Å². The SMILES string of the molecule is CC[C@@H](CS(=O)(=O)CC)N1C(=O)[C@@H](CC(=O)O)O[C@H](c2cccc(Cl)c2)[C@H]1c1ccc(Cl)cc1. The molecule has 2 aromatic carbocycles. The number of rotatable bonds is 9. The van der Waals surface area contributed by atoms with Crippen LogP contribution in [-0.4, -0.2) is 54.0 Å². The van der Waals surface area contributed by atoms with E-state index in [0.29, 0.717) is 27.6 Å². The molecule has 0 bridgehead atoms. The Balaban J connectivity index is 2.20. The maximum absolute atomic E-state index is 13.6. The molecule has 1 saturated heterocycles. The molecule has 2 aromatic rings. The second-order valence-corrected chi connectivity index (χ2v) is 11.5. The van der Waals surface area contributed by atoms with Gasteiger partial charge in [-0.3, -0.25) is 9.59 Å². The molecular weight excluding hydrogens is 501 g/mol. The molecule has 0 unspecified atom stereocenters. The van der Waals surface area contributed by atoms with E-state index in [1.165, 1.54) is 4.90 Å². The van der Waals surface area contributed by atoms with Gasteiger partial charge in [-0.2, -0.15) is 0 Å². The Morgan fingerprint density at radius 1 is 1.09 bits per heavy atom. The maximum atomic E-state index is 13.6. The predicted octanol–water partition coefficient (Wildman–Crippen LogP) is 4.69. The van der Waals surface area contributed by atoms with Crippen molar-refractivity contribution in [2.45, 2.75) is 51.0 Å². The third-order valence-corrected chi connectivity index (χ3v) is 8.19. The number of aliphatic carboxylic acids is 1. The lowest BCUT2D eigenvalue weighted by Crippen LogP contribution is -2.56. The quantitative estimate of drug-likeness (QED) is 0.507. The summed E-state index contributed by atoms with van der Waals surface area (Å²) in [5, 5.41) is 10.4. The van der Waals surface area contributed by atoms with Crippen LogP contribution in [-0.2, 0) is 24.2 Å². The van der Waals surface area contributed by atoms with Crippen molar-refractivity contribution in [3.05, 3.63) is 69.7 Å². The minimum Gasteiger partial charge on any atom is -0.481 e. The van der Waals surface area contributed by atoms with E-state index in [4.69, 9.17) is 27.9 Å². The highest BCUT2D eigenvalue weighted by molar-refractivity contribution is 7.91. The fourth-order valence-electron chi connectivity index (χ4n) is 4.21. The monoisotopic (exact) mass is 527 g/mol. The largest absolute Gasteiger partial charge is 0.481 e. The lowest BCUT2D eigenvalue weighted by atomic mass is 9.89. The summed E-state index contributed by atoms with van der Waals surface area (Å²) in [6.07, 6.45) is -2.24. The molecule has 184 valence electrons. The maximum Gasteiger partial charge on any atom is 0.306 e. The summed E-state index contributed by atoms with van der Waals surface area (Å²) in [6.45, 7) is 3.36. The van der Waals surface area contributed by atoms with Gasteiger partial charge in [0.25, 0.3) is 5.91 Å². The molecule has 0 aliphatic carbocycles. The fraction of sp³-hybridized carbons (Fsp3) is 0.417. The van der Waals surface area contributed by atoms with Crippen molar-refractivity contribution in [2.75, 3.05) is 11.5 Å². The average molecular weight is 528 g/mol. The predicted molar refractivity (Wildman–Crippen MR) is 131 cm³/mol. The van der Waals surface area contributed by atoms with Gasteiger partial charge in [-0.15, -0.1) is 0 Å². The number of carbonyl (C=O) groups excluding carboxylic acids is 1. The van der Waals surface area contributed by atoms with E-state index in [2.05, 4.69) is 0 Å². The number of hydrogen-bond donors (Lipinski definition) is 1. The van der Waals surface area contributed by atoms with Crippen LogP contribution in [0, 0.1) is 0 Å². The molecule has 1 N–H and O–H groups in total. The van der Waals surface area contributed by atoms with E-state index in [-0.39, 0.29) is 11.5 Å². The molecule has 0 saturated carbocycles. The number of morpholine rings is 1. The summed E-state index contributed by atoms with van der Waals surface area (Å²) >= 11 is 12.3. The van der Waals surface area contributed by atoms with Crippen molar-refractivity contribution < 1.29 is 27.9 Å². The first-order valence-corrected chi connectivity index (χ1v) is 13.5. The number of halogens is 2. The molecule has 0 spiro atoms. The van der Waals surface area contributed by atoms with Crippen LogP contribution in [0.4, 0.5) is 0 Å². The van der Waals surface area contributed by atoms with Gasteiger partial charge in [0.1, 0.15) is 12.2 Å². The second-order valence-electron chi connectivity index (χ2n) is 8.20. The Bertz CT molecular complexity index is 1140. The molecule has 1 fully saturated rings. The number of amides is 1. The third-order valence-electron chi connectivity index (χ3n) is 5.93. The Morgan fingerprint density at radius 2 is 1.76 bits per heavy atom. The van der Waals surface area contributed by atoms with Crippen LogP contribution in [0.1, 0.15) is 50.0 Å². The highest BCUT2D eigenvalue weighted by Crippen LogP contribution is 2.44. The molecule has 0 aromatic heterocycles. The van der Waals surface area contributed by atoms with E-state index in [9.17, 15) is 23.1 Å². The fourth-order valence-corrected chi connectivity index (χ4v) is 5.75. The third kappa shape index (κ3) is 6.10. The number of carboxylic acid groups (broad SMARTS) is 1. The first-order chi connectivity index (χ1) is 16.1. The Kier molecular flexibility index (Phi) is 8.62. The Morgan fingerprint density at radius 3 is 2.32 bits per heavy atom. The van der Waals surface area contributed by atoms with Crippen molar-refractivity contribution in [1.82, 2.24) is 4.90 Å². The number of ether oxygens (including phenoxy) is 1. The van der Waals surface area contributed by atoms with Gasteiger partial charge in [-0.1, -0.05) is 61.3 Å². The minimum absolute atomic E-state index is 0.0656. The Hall–Kier alpha value is -2.13. The van der Waals surface area contributed by atoms with Crippen LogP contribution in [0.15, 0.2) is 48.5 Å². The number of carboxylic acids is 1. The summed E-state index contributed by atoms with van der Waals surface area (Å²) in [5.74, 6) is -2.05. The van der Waals surface area contributed by atoms with Gasteiger partial charge in [0, 0.05) is 21.8 Å². The van der Waals surface area contributed by atoms with Crippen molar-refractivity contribution in [2.24, 2.45) is 0 Å². The van der Waals surface area contributed by atoms with E-state index >= 15 is 0 Å². The van der Waals surface area contributed by atoms with Gasteiger partial charge in [0.15, 0.2) is 9.84 Å². The zero-order chi connectivity index (χ0) is 25.0. The van der Waals surface area contributed by atoms with Gasteiger partial charge in [0.2, 0.25) is 0 Å². The van der Waals surface area contributed by atoms with Crippen LogP contribution < -0.4 is 0 Å². The van der Waals surface area contributed by atoms with Crippen LogP contribution >= 0.6 is 23.2 Å². The molecule has 34 heavy (non-hydrogen) atoms. The molecular formula is C24H27Cl2NO6S. The molecule has 4 atom stereocenters. The molecule has 1 amide bonds. The summed E-state index contributed by atoms with van der Waals surface area (Å²) in [7, 11) is -3.44. The van der Waals surface area contributed by atoms with Crippen molar-refractivity contribution in [3.63, 3.8) is 0 Å². The summed E-state index contributed by atoms with van der Waals surface area (Å²) < 4.78 is 31.2. The van der Waals surface area contributed by atoms with Crippen LogP contribution in [0.3, 0.4) is 0 Å². The number of sulfone groups is 1. The lowest BCUT2D eigenvalue weighted by molar-refractivity contribution is -0.182. The smallest absolute Gasteiger partial charge is 0.306 e. The molecule has 1 heterocycles. The molecule has 0 radical (unpaired) electrons. The van der Waals surface area contributed by atoms with Crippen LogP contribution in [0.25, 0.3) is 0 Å². The average Bonchev–Trinajstić information content (AvgIpc) is 2.79. The number of nitrogens with zero attached hydrogens (tertiary/aromatic N) is 1. The van der Waals surface area contributed by atoms with E-state index < -0.39 is 52.4 Å². The summed E-state index contributed by atoms with van der Waals surface area (Å²) in [4.78, 5) is 26.7. The van der Waals surface area contributed by atoms with Gasteiger partial charge < -0.3 is 14.7 Å². The number of benzene rings is 2. The van der Waals surface area contributed by atoms with E-state index in [1.807, 2.05) is 0 Å². The molecule has 3 rings (SSSR count). The zero-order valence-electron chi connectivity index (χ0n) is 18.9. The number of hydrogen-bond acceptors (Lipinski definition) is 5. The topological polar surface area (TPSA) is 101 Å². The van der Waals surface area contributed by atoms with Crippen LogP contribution in [0.2, 0.25) is 10.0 Å². The van der Waals surface area contributed by atoms with Crippen molar-refractivity contribution in [3.8, 4) is 0 Å². The number of carbonyl (C=O) groups is 2. The van der Waals surface area contributed by atoms with Gasteiger partial charge >= 0.3 is 5.97 Å². The van der Waals surface area contributed by atoms with Gasteiger partial charge in [0.05, 0.1) is 18.2 Å². The molecule has 1 aliphatic rings. The van der Waals surface area contributed by atoms with E-state index in [1.54, 1.807) is 62.4 Å². The standard InChI is InChI=1S/C24H27Cl2NO6S/c1-3-19(14-34(31,32)4-2)27-22(15-8-10-17(25)11-9-15)23(16-6-5-7-18(26)12-16)33-20(24(27)30)13-21(28)29/h5-12,19-20,22-23H,3-4,13-14H2,1-2H3,(H,28,29)/t19-,20+,22+,23+/m0/s1. The lowest BCUT2D eigenvalue weighted by Gasteiger charge is -2.48. The highest BCUT2D eigenvalue weighted by atomic mass is 35.5. The summed E-state index contributed by atoms with van der Waals surface area (Å²) in [6, 6.07) is 12.4. The molecule has 10 heteroatoms. The van der Waals surface area contributed by atoms with Gasteiger partial charge in [-0.05, 0) is 41.8 Å². The molecule has 1 aliphatic heterocycles. The van der Waals surface area contributed by atoms with Crippen molar-refractivity contribution in [1.29, 1.82) is 0 Å². The normalized spacial score (nSPS) is 21.9. The first-order valence-electron chi connectivity index (χ1n) is 11.0. The second kappa shape index (κ2) is 11.1. The van der Waals surface area contributed by atoms with Crippen LogP contribution in [0.5, 0.6) is 0 Å². The van der Waals surface area contributed by atoms with Gasteiger partial charge in [-0.25, -0.2) is 8.42 Å². The highest BCUT2D eigenvalue weighted by Gasteiger charge is 2.47. The van der Waals surface area contributed by atoms with Crippen molar-refractivity contribution >= 4 is 44.9 Å². The minimum atomic E-state index is -3.44. The molecule has 7 nitrogen and oxygen atoms in total.